The summed E-state index contributed by atoms with van der Waals surface area (Å²) < 4.78 is 0. The van der Waals surface area contributed by atoms with Crippen LogP contribution in [0.15, 0.2) is 0 Å². The minimum atomic E-state index is -0.666. The molecule has 1 N–H and O–H groups in total. The average Bonchev–Trinajstić information content (AvgIpc) is 1.96. The second-order valence-corrected chi connectivity index (χ2v) is 2.91. The number of rotatable bonds is 7. The van der Waals surface area contributed by atoms with Crippen LogP contribution in [0.4, 0.5) is 0 Å². The number of carboxylic acid groups (broad SMARTS) is 1. The van der Waals surface area contributed by atoms with E-state index in [-0.39, 0.29) is 18.9 Å². The quantitative estimate of drug-likeness (QED) is 0.465. The molecule has 0 aliphatic rings. The Morgan fingerprint density at radius 1 is 1.08 bits per heavy atom. The fourth-order valence-corrected chi connectivity index (χ4v) is 1.06. The Morgan fingerprint density at radius 2 is 1.58 bits per heavy atom. The first-order valence-corrected chi connectivity index (χ1v) is 4.49. The number of hydrogen-bond donors (Lipinski definition) is 1. The van der Waals surface area contributed by atoms with Crippen LogP contribution in [0, 0.1) is 0 Å². The topological polar surface area (TPSA) is 37.3 Å². The molecule has 0 radical (unpaired) electrons. The van der Waals surface area contributed by atoms with Crippen LogP contribution in [0.25, 0.3) is 0 Å². The van der Waals surface area contributed by atoms with Crippen molar-refractivity contribution < 1.29 is 9.90 Å². The van der Waals surface area contributed by atoms with E-state index in [1.54, 1.807) is 0 Å². The molecule has 0 aromatic rings. The van der Waals surface area contributed by atoms with Crippen molar-refractivity contribution in [2.45, 2.75) is 51.9 Å². The van der Waals surface area contributed by atoms with Crippen molar-refractivity contribution in [3.63, 3.8) is 0 Å². The normalized spacial score (nSPS) is 9.08. The molecule has 0 saturated carbocycles. The van der Waals surface area contributed by atoms with Crippen molar-refractivity contribution >= 4 is 24.8 Å². The monoisotopic (exact) mass is 166 g/mol. The zero-order valence-electron chi connectivity index (χ0n) is 7.31. The molecule has 3 heteroatoms. The maximum absolute atomic E-state index is 10.1. The summed E-state index contributed by atoms with van der Waals surface area (Å²) in [7, 11) is 0. The van der Waals surface area contributed by atoms with Gasteiger partial charge >= 0.3 is 24.8 Å². The third kappa shape index (κ3) is 12.7. The zero-order chi connectivity index (χ0) is 8.53. The summed E-state index contributed by atoms with van der Waals surface area (Å²) in [6, 6.07) is 0. The molecule has 0 aliphatic heterocycles. The van der Waals surface area contributed by atoms with E-state index in [1.165, 1.54) is 25.7 Å². The summed E-state index contributed by atoms with van der Waals surface area (Å²) in [6.07, 6.45) is 7.25. The fraction of sp³-hybridized carbons (Fsp3) is 0.889. The second-order valence-electron chi connectivity index (χ2n) is 2.91. The van der Waals surface area contributed by atoms with Crippen LogP contribution in [0.5, 0.6) is 0 Å². The molecule has 0 saturated heterocycles. The van der Waals surface area contributed by atoms with E-state index in [1.807, 2.05) is 0 Å². The molecule has 0 heterocycles. The molecule has 0 amide bonds. The van der Waals surface area contributed by atoms with E-state index < -0.39 is 5.97 Å². The Morgan fingerprint density at radius 3 is 2.08 bits per heavy atom. The third-order valence-corrected chi connectivity index (χ3v) is 1.74. The average molecular weight is 166 g/mol. The van der Waals surface area contributed by atoms with Gasteiger partial charge in [0.2, 0.25) is 0 Å². The maximum atomic E-state index is 10.1. The van der Waals surface area contributed by atoms with E-state index >= 15 is 0 Å². The number of aliphatic carboxylic acids is 1. The molecule has 0 rings (SSSR count). The minimum absolute atomic E-state index is 0. The van der Waals surface area contributed by atoms with Gasteiger partial charge in [-0.2, -0.15) is 0 Å². The molecule has 68 valence electrons. The van der Waals surface area contributed by atoms with Gasteiger partial charge in [0.1, 0.15) is 0 Å². The molecule has 0 bridgehead atoms. The number of carboxylic acids is 1. The fourth-order valence-electron chi connectivity index (χ4n) is 1.06. The zero-order valence-corrected chi connectivity index (χ0v) is 7.31. The van der Waals surface area contributed by atoms with Gasteiger partial charge in [-0.25, -0.2) is 0 Å². The Labute approximate surface area is 86.9 Å². The van der Waals surface area contributed by atoms with Gasteiger partial charge in [-0.15, -0.1) is 0 Å². The summed E-state index contributed by atoms with van der Waals surface area (Å²) in [5.41, 5.74) is 0. The first-order valence-electron chi connectivity index (χ1n) is 4.49. The molecule has 0 fully saturated rings. The molecular weight excluding hydrogens is 147 g/mol. The molecule has 0 atom stereocenters. The van der Waals surface area contributed by atoms with Gasteiger partial charge in [0, 0.05) is 6.42 Å². The number of carbonyl (C=O) groups is 1. The van der Waals surface area contributed by atoms with Crippen LogP contribution < -0.4 is 0 Å². The van der Waals surface area contributed by atoms with Gasteiger partial charge in [-0.3, -0.25) is 4.79 Å². The van der Waals surface area contributed by atoms with E-state index in [4.69, 9.17) is 5.11 Å². The summed E-state index contributed by atoms with van der Waals surface area (Å²) >= 11 is 0. The van der Waals surface area contributed by atoms with Gasteiger partial charge in [0.15, 0.2) is 0 Å². The van der Waals surface area contributed by atoms with Crippen molar-refractivity contribution in [3.8, 4) is 0 Å². The summed E-state index contributed by atoms with van der Waals surface area (Å²) in [5.74, 6) is -0.666. The molecule has 0 aromatic carbocycles. The van der Waals surface area contributed by atoms with Crippen molar-refractivity contribution in [1.29, 1.82) is 0 Å². The summed E-state index contributed by atoms with van der Waals surface area (Å²) in [6.45, 7) is 2.18. The van der Waals surface area contributed by atoms with E-state index in [0.29, 0.717) is 6.42 Å². The number of unbranched alkanes of at least 4 members (excludes halogenated alkanes) is 5. The van der Waals surface area contributed by atoms with Crippen LogP contribution in [0.2, 0.25) is 0 Å². The Bertz CT molecular complexity index is 105. The standard InChI is InChI=1S/C9H18O2.Li.H/c1-2-3-4-5-6-7-8-9(10)11;;/h2-8H2,1H3,(H,10,11);;. The van der Waals surface area contributed by atoms with Crippen LogP contribution in [-0.4, -0.2) is 29.9 Å². The number of hydrogen-bond acceptors (Lipinski definition) is 1. The molecule has 0 unspecified atom stereocenters. The van der Waals surface area contributed by atoms with Gasteiger partial charge in [-0.05, 0) is 6.42 Å². The molecule has 0 spiro atoms. The van der Waals surface area contributed by atoms with Crippen molar-refractivity contribution in [3.05, 3.63) is 0 Å². The Kier molecular flexibility index (Phi) is 13.5. The molecular formula is C9H19LiO2. The third-order valence-electron chi connectivity index (χ3n) is 1.74. The molecule has 0 aliphatic carbocycles. The van der Waals surface area contributed by atoms with Gasteiger partial charge in [-0.1, -0.05) is 39.0 Å². The second kappa shape index (κ2) is 11.1. The van der Waals surface area contributed by atoms with Crippen molar-refractivity contribution in [1.82, 2.24) is 0 Å². The van der Waals surface area contributed by atoms with Crippen LogP contribution in [-0.2, 0) is 4.79 Å². The van der Waals surface area contributed by atoms with Gasteiger partial charge in [0.05, 0.1) is 0 Å². The summed E-state index contributed by atoms with van der Waals surface area (Å²) in [4.78, 5) is 10.1. The van der Waals surface area contributed by atoms with E-state index in [2.05, 4.69) is 6.92 Å². The van der Waals surface area contributed by atoms with Crippen LogP contribution in [0.3, 0.4) is 0 Å². The van der Waals surface area contributed by atoms with E-state index in [0.717, 1.165) is 12.8 Å². The SMILES string of the molecule is CCCCCCCCC(=O)O.[LiH]. The van der Waals surface area contributed by atoms with Crippen molar-refractivity contribution in [2.24, 2.45) is 0 Å². The van der Waals surface area contributed by atoms with Crippen LogP contribution in [0.1, 0.15) is 51.9 Å². The first kappa shape index (κ1) is 14.6. The van der Waals surface area contributed by atoms with E-state index in [9.17, 15) is 4.79 Å². The van der Waals surface area contributed by atoms with Crippen LogP contribution >= 0.6 is 0 Å². The Hall–Kier alpha value is 0.0674. The van der Waals surface area contributed by atoms with Gasteiger partial charge < -0.3 is 5.11 Å². The summed E-state index contributed by atoms with van der Waals surface area (Å²) in [5, 5.41) is 8.32. The Balaban J connectivity index is 0. The first-order chi connectivity index (χ1) is 5.27. The molecule has 2 nitrogen and oxygen atoms in total. The molecule has 0 aromatic heterocycles. The van der Waals surface area contributed by atoms with Crippen molar-refractivity contribution in [2.75, 3.05) is 0 Å². The predicted molar refractivity (Wildman–Crippen MR) is 52.8 cm³/mol. The molecule has 12 heavy (non-hydrogen) atoms. The van der Waals surface area contributed by atoms with Gasteiger partial charge in [0.25, 0.3) is 0 Å². The predicted octanol–water partition coefficient (Wildman–Crippen LogP) is 2.17.